The number of hydrogen-bond donors (Lipinski definition) is 0. The van der Waals surface area contributed by atoms with E-state index in [1.54, 1.807) is 18.0 Å². The summed E-state index contributed by atoms with van der Waals surface area (Å²) in [5.41, 5.74) is 3.98. The monoisotopic (exact) mass is 443 g/mol. The molecule has 0 saturated carbocycles. The minimum atomic E-state index is 0.521. The van der Waals surface area contributed by atoms with Gasteiger partial charge >= 0.3 is 0 Å². The van der Waals surface area contributed by atoms with Crippen molar-refractivity contribution < 1.29 is 0 Å². The summed E-state index contributed by atoms with van der Waals surface area (Å²) in [4.78, 5) is 8.77. The average Bonchev–Trinajstić information content (AvgIpc) is 3.21. The summed E-state index contributed by atoms with van der Waals surface area (Å²) in [6, 6.07) is 24.3. The van der Waals surface area contributed by atoms with Crippen molar-refractivity contribution in [2.24, 2.45) is 0 Å². The van der Waals surface area contributed by atoms with Crippen LogP contribution in [0.15, 0.2) is 90.3 Å². The summed E-state index contributed by atoms with van der Waals surface area (Å²) >= 11 is 8.07. The summed E-state index contributed by atoms with van der Waals surface area (Å²) in [6.45, 7) is 0.671. The molecule has 0 N–H and O–H groups in total. The topological polar surface area (TPSA) is 56.5 Å². The number of benzene rings is 2. The highest BCUT2D eigenvalue weighted by Gasteiger charge is 2.16. The summed E-state index contributed by atoms with van der Waals surface area (Å²) in [7, 11) is 0. The molecule has 0 unspecified atom stereocenters. The van der Waals surface area contributed by atoms with Crippen LogP contribution in [-0.2, 0) is 12.3 Å². The lowest BCUT2D eigenvalue weighted by molar-refractivity contribution is 0.714. The van der Waals surface area contributed by atoms with Gasteiger partial charge in [0, 0.05) is 34.7 Å². The van der Waals surface area contributed by atoms with Crippen molar-refractivity contribution in [3.05, 3.63) is 101 Å². The molecule has 5 nitrogen and oxygen atoms in total. The van der Waals surface area contributed by atoms with Gasteiger partial charge in [-0.05, 0) is 29.8 Å². The Balaban J connectivity index is 1.47. The zero-order chi connectivity index (χ0) is 21.0. The number of pyridine rings is 2. The Morgan fingerprint density at radius 3 is 2.58 bits per heavy atom. The quantitative estimate of drug-likeness (QED) is 0.242. The minimum absolute atomic E-state index is 0.521. The van der Waals surface area contributed by atoms with E-state index in [0.29, 0.717) is 17.5 Å². The lowest BCUT2D eigenvalue weighted by atomic mass is 10.2. The molecule has 7 heteroatoms. The second-order valence-electron chi connectivity index (χ2n) is 7.04. The second kappa shape index (κ2) is 8.88. The molecule has 0 saturated heterocycles. The van der Waals surface area contributed by atoms with E-state index >= 15 is 0 Å². The predicted octanol–water partition coefficient (Wildman–Crippen LogP) is 5.88. The van der Waals surface area contributed by atoms with Gasteiger partial charge in [0.25, 0.3) is 0 Å². The molecule has 3 heterocycles. The van der Waals surface area contributed by atoms with E-state index in [1.165, 1.54) is 5.56 Å². The van der Waals surface area contributed by atoms with Gasteiger partial charge in [0.2, 0.25) is 0 Å². The van der Waals surface area contributed by atoms with Crippen molar-refractivity contribution in [2.45, 2.75) is 17.5 Å². The van der Waals surface area contributed by atoms with Crippen LogP contribution in [0.5, 0.6) is 0 Å². The van der Waals surface area contributed by atoms with E-state index in [0.717, 1.165) is 33.0 Å². The van der Waals surface area contributed by atoms with Gasteiger partial charge in [0.15, 0.2) is 11.0 Å². The predicted molar refractivity (Wildman–Crippen MR) is 125 cm³/mol. The van der Waals surface area contributed by atoms with Crippen LogP contribution in [0.2, 0.25) is 5.15 Å². The van der Waals surface area contributed by atoms with Crippen molar-refractivity contribution in [3.63, 3.8) is 0 Å². The van der Waals surface area contributed by atoms with Crippen LogP contribution in [0.3, 0.4) is 0 Å². The maximum absolute atomic E-state index is 6.46. The Kier molecular flexibility index (Phi) is 5.65. The van der Waals surface area contributed by atoms with Gasteiger partial charge in [-0.25, -0.2) is 4.98 Å². The zero-order valence-corrected chi connectivity index (χ0v) is 18.1. The highest BCUT2D eigenvalue weighted by atomic mass is 35.5. The summed E-state index contributed by atoms with van der Waals surface area (Å²) in [6.07, 6.45) is 3.57. The van der Waals surface area contributed by atoms with E-state index in [9.17, 15) is 0 Å². The Hall–Kier alpha value is -3.22. The third-order valence-electron chi connectivity index (χ3n) is 4.93. The fourth-order valence-electron chi connectivity index (χ4n) is 3.39. The van der Waals surface area contributed by atoms with Crippen LogP contribution in [0, 0.1) is 0 Å². The third kappa shape index (κ3) is 4.31. The van der Waals surface area contributed by atoms with Gasteiger partial charge in [0.05, 0.1) is 12.1 Å². The van der Waals surface area contributed by atoms with Crippen LogP contribution < -0.4 is 0 Å². The molecule has 5 rings (SSSR count). The number of rotatable bonds is 6. The van der Waals surface area contributed by atoms with Crippen molar-refractivity contribution in [1.82, 2.24) is 24.7 Å². The van der Waals surface area contributed by atoms with Crippen molar-refractivity contribution >= 4 is 34.3 Å². The molecule has 0 atom stereocenters. The van der Waals surface area contributed by atoms with E-state index in [1.807, 2.05) is 60.8 Å². The molecule has 0 spiro atoms. The zero-order valence-electron chi connectivity index (χ0n) is 16.5. The smallest absolute Gasteiger partial charge is 0.192 e. The lowest BCUT2D eigenvalue weighted by Gasteiger charge is -2.11. The number of aromatic nitrogens is 5. The molecule has 152 valence electrons. The Morgan fingerprint density at radius 2 is 1.74 bits per heavy atom. The van der Waals surface area contributed by atoms with Gasteiger partial charge in [-0.1, -0.05) is 71.9 Å². The van der Waals surface area contributed by atoms with Crippen molar-refractivity contribution in [2.75, 3.05) is 0 Å². The maximum atomic E-state index is 6.46. The first-order valence-electron chi connectivity index (χ1n) is 9.82. The van der Waals surface area contributed by atoms with Crippen LogP contribution >= 0.6 is 23.4 Å². The maximum Gasteiger partial charge on any atom is 0.192 e. The molecular formula is C24H18ClN5S. The van der Waals surface area contributed by atoms with Gasteiger partial charge in [-0.15, -0.1) is 10.2 Å². The third-order valence-corrected chi connectivity index (χ3v) is 6.27. The first kappa shape index (κ1) is 19.7. The van der Waals surface area contributed by atoms with Crippen molar-refractivity contribution in [3.8, 4) is 11.4 Å². The van der Waals surface area contributed by atoms with Gasteiger partial charge in [0.1, 0.15) is 5.15 Å². The normalized spacial score (nSPS) is 11.1. The Bertz CT molecular complexity index is 1320. The standard InChI is InChI=1S/C24H18ClN5S/c25-22-20(13-18-9-4-5-11-21(18)27-22)16-31-24-29-28-23(19-10-6-12-26-14-19)30(24)15-17-7-2-1-3-8-17/h1-14H,15-16H2. The molecular weight excluding hydrogens is 426 g/mol. The molecule has 0 aliphatic heterocycles. The molecule has 31 heavy (non-hydrogen) atoms. The van der Waals surface area contributed by atoms with Gasteiger partial charge in [-0.3, -0.25) is 9.55 Å². The first-order valence-corrected chi connectivity index (χ1v) is 11.2. The van der Waals surface area contributed by atoms with Gasteiger partial charge < -0.3 is 0 Å². The summed E-state index contributed by atoms with van der Waals surface area (Å²) in [5, 5.41) is 11.4. The largest absolute Gasteiger partial charge is 0.297 e. The second-order valence-corrected chi connectivity index (χ2v) is 8.34. The van der Waals surface area contributed by atoms with Crippen molar-refractivity contribution in [1.29, 1.82) is 0 Å². The summed E-state index contributed by atoms with van der Waals surface area (Å²) < 4.78 is 2.12. The molecule has 2 aromatic carbocycles. The van der Waals surface area contributed by atoms with Crippen LogP contribution in [0.1, 0.15) is 11.1 Å². The fraction of sp³-hybridized carbons (Fsp3) is 0.0833. The number of para-hydroxylation sites is 1. The van der Waals surface area contributed by atoms with E-state index in [2.05, 4.69) is 42.9 Å². The Labute approximate surface area is 189 Å². The van der Waals surface area contributed by atoms with E-state index < -0.39 is 0 Å². The molecule has 3 aromatic heterocycles. The molecule has 0 amide bonds. The van der Waals surface area contributed by atoms with Gasteiger partial charge in [-0.2, -0.15) is 0 Å². The SMILES string of the molecule is Clc1nc2ccccc2cc1CSc1nnc(-c2cccnc2)n1Cc1ccccc1. The summed E-state index contributed by atoms with van der Waals surface area (Å²) in [5.74, 6) is 1.44. The lowest BCUT2D eigenvalue weighted by Crippen LogP contribution is -2.04. The number of fused-ring (bicyclic) bond motifs is 1. The molecule has 0 aliphatic carbocycles. The molecule has 0 radical (unpaired) electrons. The number of halogens is 1. The van der Waals surface area contributed by atoms with Crippen LogP contribution in [0.4, 0.5) is 0 Å². The first-order chi connectivity index (χ1) is 15.3. The van der Waals surface area contributed by atoms with E-state index in [4.69, 9.17) is 11.6 Å². The highest BCUT2D eigenvalue weighted by Crippen LogP contribution is 2.30. The molecule has 5 aromatic rings. The molecule has 0 bridgehead atoms. The molecule has 0 aliphatic rings. The highest BCUT2D eigenvalue weighted by molar-refractivity contribution is 7.98. The fourth-order valence-corrected chi connectivity index (χ4v) is 4.59. The number of hydrogen-bond acceptors (Lipinski definition) is 5. The average molecular weight is 444 g/mol. The van der Waals surface area contributed by atoms with Crippen LogP contribution in [0.25, 0.3) is 22.3 Å². The van der Waals surface area contributed by atoms with E-state index in [-0.39, 0.29) is 0 Å². The Morgan fingerprint density at radius 1 is 0.903 bits per heavy atom. The minimum Gasteiger partial charge on any atom is -0.297 e. The molecule has 0 fully saturated rings. The number of thioether (sulfide) groups is 1. The van der Waals surface area contributed by atoms with Crippen LogP contribution in [-0.4, -0.2) is 24.7 Å². The number of nitrogens with zero attached hydrogens (tertiary/aromatic N) is 5.